The van der Waals surface area contributed by atoms with Gasteiger partial charge in [0.15, 0.2) is 5.82 Å². The predicted octanol–water partition coefficient (Wildman–Crippen LogP) is 2.36. The standard InChI is InChI=1S/C12H15N3O/c1-3-8-15-9-13-14-12(15)10-4-6-11(16-2)7-5-10/h4-7,9H,3,8H2,1-2H3. The first-order valence-corrected chi connectivity index (χ1v) is 5.37. The van der Waals surface area contributed by atoms with Gasteiger partial charge in [-0.05, 0) is 30.7 Å². The number of rotatable bonds is 4. The van der Waals surface area contributed by atoms with Gasteiger partial charge in [0.1, 0.15) is 12.1 Å². The van der Waals surface area contributed by atoms with Gasteiger partial charge in [0, 0.05) is 12.1 Å². The molecule has 0 aliphatic rings. The third-order valence-corrected chi connectivity index (χ3v) is 2.43. The summed E-state index contributed by atoms with van der Waals surface area (Å²) in [4.78, 5) is 0. The highest BCUT2D eigenvalue weighted by Gasteiger charge is 2.06. The number of methoxy groups -OCH3 is 1. The summed E-state index contributed by atoms with van der Waals surface area (Å²) in [6.45, 7) is 3.08. The van der Waals surface area contributed by atoms with Crippen molar-refractivity contribution in [3.63, 3.8) is 0 Å². The van der Waals surface area contributed by atoms with Crippen LogP contribution in [0.2, 0.25) is 0 Å². The predicted molar refractivity (Wildman–Crippen MR) is 62.3 cm³/mol. The van der Waals surface area contributed by atoms with E-state index in [0.717, 1.165) is 30.1 Å². The van der Waals surface area contributed by atoms with Crippen LogP contribution in [0.3, 0.4) is 0 Å². The first kappa shape index (κ1) is 10.7. The zero-order valence-corrected chi connectivity index (χ0v) is 9.55. The minimum atomic E-state index is 0.852. The Morgan fingerprint density at radius 2 is 2.00 bits per heavy atom. The number of benzene rings is 1. The average molecular weight is 217 g/mol. The Bertz CT molecular complexity index is 448. The second-order valence-corrected chi connectivity index (χ2v) is 3.58. The van der Waals surface area contributed by atoms with Crippen LogP contribution >= 0.6 is 0 Å². The van der Waals surface area contributed by atoms with Gasteiger partial charge in [0.05, 0.1) is 7.11 Å². The van der Waals surface area contributed by atoms with Crippen LogP contribution in [0.4, 0.5) is 0 Å². The van der Waals surface area contributed by atoms with Crippen molar-refractivity contribution in [1.29, 1.82) is 0 Å². The van der Waals surface area contributed by atoms with Crippen molar-refractivity contribution in [2.75, 3.05) is 7.11 Å². The largest absolute Gasteiger partial charge is 0.497 e. The van der Waals surface area contributed by atoms with Crippen LogP contribution in [0.25, 0.3) is 11.4 Å². The van der Waals surface area contributed by atoms with E-state index in [0.29, 0.717) is 0 Å². The number of hydrogen-bond acceptors (Lipinski definition) is 3. The van der Waals surface area contributed by atoms with Gasteiger partial charge in [0.25, 0.3) is 0 Å². The number of ether oxygens (including phenoxy) is 1. The lowest BCUT2D eigenvalue weighted by atomic mass is 10.2. The van der Waals surface area contributed by atoms with Gasteiger partial charge in [-0.15, -0.1) is 10.2 Å². The average Bonchev–Trinajstić information content (AvgIpc) is 2.78. The van der Waals surface area contributed by atoms with E-state index in [-0.39, 0.29) is 0 Å². The van der Waals surface area contributed by atoms with Crippen molar-refractivity contribution in [3.05, 3.63) is 30.6 Å². The molecule has 2 rings (SSSR count). The minimum absolute atomic E-state index is 0.852. The summed E-state index contributed by atoms with van der Waals surface area (Å²) < 4.78 is 7.18. The summed E-state index contributed by atoms with van der Waals surface area (Å²) in [5, 5.41) is 8.07. The SMILES string of the molecule is CCCn1cnnc1-c1ccc(OC)cc1. The monoisotopic (exact) mass is 217 g/mol. The summed E-state index contributed by atoms with van der Waals surface area (Å²) in [6.07, 6.45) is 2.84. The van der Waals surface area contributed by atoms with Crippen molar-refractivity contribution in [2.45, 2.75) is 19.9 Å². The molecular weight excluding hydrogens is 202 g/mol. The Hall–Kier alpha value is -1.84. The van der Waals surface area contributed by atoms with E-state index in [4.69, 9.17) is 4.74 Å². The van der Waals surface area contributed by atoms with Crippen molar-refractivity contribution in [3.8, 4) is 17.1 Å². The highest BCUT2D eigenvalue weighted by atomic mass is 16.5. The van der Waals surface area contributed by atoms with Gasteiger partial charge in [-0.2, -0.15) is 0 Å². The second kappa shape index (κ2) is 4.79. The minimum Gasteiger partial charge on any atom is -0.497 e. The van der Waals surface area contributed by atoms with Gasteiger partial charge >= 0.3 is 0 Å². The summed E-state index contributed by atoms with van der Waals surface area (Å²) in [5.41, 5.74) is 1.06. The van der Waals surface area contributed by atoms with Crippen LogP contribution < -0.4 is 4.74 Å². The van der Waals surface area contributed by atoms with E-state index in [2.05, 4.69) is 21.7 Å². The van der Waals surface area contributed by atoms with Crippen LogP contribution in [0.1, 0.15) is 13.3 Å². The number of aryl methyl sites for hydroxylation is 1. The van der Waals surface area contributed by atoms with E-state index >= 15 is 0 Å². The Morgan fingerprint density at radius 3 is 2.62 bits per heavy atom. The smallest absolute Gasteiger partial charge is 0.163 e. The van der Waals surface area contributed by atoms with E-state index in [1.807, 2.05) is 24.3 Å². The van der Waals surface area contributed by atoms with Gasteiger partial charge in [-0.1, -0.05) is 6.92 Å². The Kier molecular flexibility index (Phi) is 3.19. The van der Waals surface area contributed by atoms with Crippen LogP contribution in [-0.4, -0.2) is 21.9 Å². The lowest BCUT2D eigenvalue weighted by Gasteiger charge is -2.05. The summed E-state index contributed by atoms with van der Waals surface area (Å²) >= 11 is 0. The highest BCUT2D eigenvalue weighted by molar-refractivity contribution is 5.56. The summed E-state index contributed by atoms with van der Waals surface area (Å²) in [7, 11) is 1.66. The van der Waals surface area contributed by atoms with Gasteiger partial charge in [-0.25, -0.2) is 0 Å². The van der Waals surface area contributed by atoms with E-state index in [1.54, 1.807) is 13.4 Å². The molecule has 0 atom stereocenters. The molecule has 1 heterocycles. The molecule has 0 bridgehead atoms. The van der Waals surface area contributed by atoms with Crippen LogP contribution in [0, 0.1) is 0 Å². The van der Waals surface area contributed by atoms with Gasteiger partial charge in [0.2, 0.25) is 0 Å². The third-order valence-electron chi connectivity index (χ3n) is 2.43. The Labute approximate surface area is 94.9 Å². The fourth-order valence-electron chi connectivity index (χ4n) is 1.62. The maximum Gasteiger partial charge on any atom is 0.163 e. The molecule has 0 fully saturated rings. The molecule has 0 aliphatic heterocycles. The number of hydrogen-bond donors (Lipinski definition) is 0. The second-order valence-electron chi connectivity index (χ2n) is 3.58. The molecule has 16 heavy (non-hydrogen) atoms. The number of nitrogens with zero attached hydrogens (tertiary/aromatic N) is 3. The number of aromatic nitrogens is 3. The summed E-state index contributed by atoms with van der Waals surface area (Å²) in [5.74, 6) is 1.76. The fraction of sp³-hybridized carbons (Fsp3) is 0.333. The van der Waals surface area contributed by atoms with Crippen molar-refractivity contribution < 1.29 is 4.74 Å². The molecule has 0 saturated carbocycles. The molecule has 1 aromatic carbocycles. The quantitative estimate of drug-likeness (QED) is 0.789. The molecule has 4 nitrogen and oxygen atoms in total. The lowest BCUT2D eigenvalue weighted by Crippen LogP contribution is -1.98. The molecule has 1 aromatic heterocycles. The highest BCUT2D eigenvalue weighted by Crippen LogP contribution is 2.20. The van der Waals surface area contributed by atoms with Crippen LogP contribution in [0.15, 0.2) is 30.6 Å². The normalized spacial score (nSPS) is 10.4. The first-order valence-electron chi connectivity index (χ1n) is 5.37. The fourth-order valence-corrected chi connectivity index (χ4v) is 1.62. The Balaban J connectivity index is 2.31. The molecular formula is C12H15N3O. The van der Waals surface area contributed by atoms with Gasteiger partial charge < -0.3 is 9.30 Å². The zero-order chi connectivity index (χ0) is 11.4. The molecule has 4 heteroatoms. The van der Waals surface area contributed by atoms with E-state index < -0.39 is 0 Å². The lowest BCUT2D eigenvalue weighted by molar-refractivity contribution is 0.415. The van der Waals surface area contributed by atoms with Crippen molar-refractivity contribution in [2.24, 2.45) is 0 Å². The first-order chi connectivity index (χ1) is 7.85. The maximum atomic E-state index is 5.12. The topological polar surface area (TPSA) is 39.9 Å². The summed E-state index contributed by atoms with van der Waals surface area (Å²) in [6, 6.07) is 7.85. The molecule has 0 unspecified atom stereocenters. The van der Waals surface area contributed by atoms with Crippen LogP contribution in [-0.2, 0) is 6.54 Å². The molecule has 84 valence electrons. The molecule has 0 aliphatic carbocycles. The molecule has 0 N–H and O–H groups in total. The van der Waals surface area contributed by atoms with E-state index in [9.17, 15) is 0 Å². The molecule has 0 amide bonds. The van der Waals surface area contributed by atoms with Crippen LogP contribution in [0.5, 0.6) is 5.75 Å². The van der Waals surface area contributed by atoms with Gasteiger partial charge in [-0.3, -0.25) is 0 Å². The third kappa shape index (κ3) is 2.05. The molecule has 2 aromatic rings. The molecule has 0 radical (unpaired) electrons. The van der Waals surface area contributed by atoms with Crippen molar-refractivity contribution in [1.82, 2.24) is 14.8 Å². The van der Waals surface area contributed by atoms with Crippen molar-refractivity contribution >= 4 is 0 Å². The molecule has 0 spiro atoms. The maximum absolute atomic E-state index is 5.12. The van der Waals surface area contributed by atoms with E-state index in [1.165, 1.54) is 0 Å². The Morgan fingerprint density at radius 1 is 1.25 bits per heavy atom. The zero-order valence-electron chi connectivity index (χ0n) is 9.55. The molecule has 0 saturated heterocycles.